The first kappa shape index (κ1) is 21.2. The molecule has 0 atom stereocenters. The number of nitrogens with zero attached hydrogens (tertiary/aromatic N) is 5. The zero-order chi connectivity index (χ0) is 23.9. The number of anilines is 1. The van der Waals surface area contributed by atoms with Crippen molar-refractivity contribution in [3.8, 4) is 22.7 Å². The van der Waals surface area contributed by atoms with Gasteiger partial charge in [-0.1, -0.05) is 11.3 Å². The Morgan fingerprint density at radius 1 is 1.03 bits per heavy atom. The van der Waals surface area contributed by atoms with Crippen molar-refractivity contribution in [2.75, 3.05) is 38.2 Å². The van der Waals surface area contributed by atoms with Gasteiger partial charge in [0, 0.05) is 55.5 Å². The lowest BCUT2D eigenvalue weighted by atomic mass is 10.0. The fourth-order valence-corrected chi connectivity index (χ4v) is 4.53. The number of piperazine rings is 1. The minimum atomic E-state index is -0.351. The van der Waals surface area contributed by atoms with Gasteiger partial charge in [-0.2, -0.15) is 0 Å². The van der Waals surface area contributed by atoms with Crippen LogP contribution in [0.25, 0.3) is 38.8 Å². The molecule has 4 heterocycles. The highest BCUT2D eigenvalue weighted by Crippen LogP contribution is 2.30. The van der Waals surface area contributed by atoms with Gasteiger partial charge in [0.15, 0.2) is 5.52 Å². The lowest BCUT2D eigenvalue weighted by Crippen LogP contribution is -2.43. The van der Waals surface area contributed by atoms with Crippen molar-refractivity contribution in [1.29, 1.82) is 0 Å². The highest BCUT2D eigenvalue weighted by molar-refractivity contribution is 6.04. The average molecular weight is 471 g/mol. The second kappa shape index (κ2) is 8.48. The molecule has 0 spiro atoms. The summed E-state index contributed by atoms with van der Waals surface area (Å²) in [4.78, 5) is 21.9. The minimum absolute atomic E-state index is 0.189. The van der Waals surface area contributed by atoms with Gasteiger partial charge < -0.3 is 19.9 Å². The first-order chi connectivity index (χ1) is 17.1. The maximum Gasteiger partial charge on any atom is 0.278 e. The van der Waals surface area contributed by atoms with E-state index in [4.69, 9.17) is 4.74 Å². The number of H-pyrrole nitrogens is 1. The van der Waals surface area contributed by atoms with Crippen LogP contribution in [0.5, 0.6) is 5.88 Å². The molecule has 10 heteroatoms. The van der Waals surface area contributed by atoms with E-state index in [-0.39, 0.29) is 16.9 Å². The van der Waals surface area contributed by atoms with E-state index < -0.39 is 0 Å². The van der Waals surface area contributed by atoms with Gasteiger partial charge in [0.05, 0.1) is 24.0 Å². The van der Waals surface area contributed by atoms with E-state index in [2.05, 4.69) is 25.6 Å². The fraction of sp³-hybridized carbons (Fsp3) is 0.200. The number of hydrogen-bond acceptors (Lipinski definition) is 7. The number of aromatic nitrogens is 5. The van der Waals surface area contributed by atoms with Crippen LogP contribution in [-0.2, 0) is 0 Å². The van der Waals surface area contributed by atoms with Crippen molar-refractivity contribution in [3.63, 3.8) is 0 Å². The molecular formula is C25H22FN7O2. The van der Waals surface area contributed by atoms with Crippen LogP contribution in [0.1, 0.15) is 0 Å². The molecule has 3 aromatic heterocycles. The molecule has 0 radical (unpaired) electrons. The molecule has 5 aromatic rings. The Morgan fingerprint density at radius 3 is 2.60 bits per heavy atom. The van der Waals surface area contributed by atoms with Crippen LogP contribution in [0.15, 0.2) is 59.5 Å². The minimum Gasteiger partial charge on any atom is -0.481 e. The van der Waals surface area contributed by atoms with E-state index in [1.807, 2.05) is 29.2 Å². The fourth-order valence-electron chi connectivity index (χ4n) is 4.53. The van der Waals surface area contributed by atoms with E-state index in [9.17, 15) is 4.79 Å². The molecule has 2 N–H and O–H groups in total. The lowest BCUT2D eigenvalue weighted by Gasteiger charge is -2.29. The van der Waals surface area contributed by atoms with Crippen molar-refractivity contribution in [2.45, 2.75) is 0 Å². The van der Waals surface area contributed by atoms with Crippen molar-refractivity contribution in [2.24, 2.45) is 0 Å². The number of rotatable bonds is 4. The number of benzene rings is 2. The molecule has 176 valence electrons. The van der Waals surface area contributed by atoms with Gasteiger partial charge in [0.1, 0.15) is 11.3 Å². The van der Waals surface area contributed by atoms with Crippen LogP contribution in [0.2, 0.25) is 0 Å². The summed E-state index contributed by atoms with van der Waals surface area (Å²) >= 11 is 0. The Morgan fingerprint density at radius 2 is 1.86 bits per heavy atom. The smallest absolute Gasteiger partial charge is 0.278 e. The molecule has 1 aliphatic rings. The SMILES string of the molecule is COc1ccc(-c2ccc3[nH]c(=O)c4nnn(-c5ccc(N6CCNCC6)c(F)c5)c4c3c2)cn1. The summed E-state index contributed by atoms with van der Waals surface area (Å²) in [7, 11) is 1.57. The second-order valence-electron chi connectivity index (χ2n) is 8.37. The number of ether oxygens (including phenoxy) is 1. The van der Waals surface area contributed by atoms with Crippen LogP contribution >= 0.6 is 0 Å². The maximum atomic E-state index is 15.2. The number of pyridine rings is 2. The van der Waals surface area contributed by atoms with Crippen molar-refractivity contribution in [1.82, 2.24) is 30.3 Å². The monoisotopic (exact) mass is 471 g/mol. The zero-order valence-corrected chi connectivity index (χ0v) is 19.0. The number of fused-ring (bicyclic) bond motifs is 3. The van der Waals surface area contributed by atoms with Crippen LogP contribution in [0, 0.1) is 5.82 Å². The first-order valence-corrected chi connectivity index (χ1v) is 11.3. The standard InChI is InChI=1S/C25H22FN7O2/c1-35-22-7-3-16(14-28-22)15-2-5-20-18(12-15)24-23(25(34)29-20)30-31-33(24)17-4-6-21(19(26)13-17)32-10-8-27-9-11-32/h2-7,12-14,27H,8-11H2,1H3,(H,29,34). The molecular weight excluding hydrogens is 449 g/mol. The van der Waals surface area contributed by atoms with E-state index in [1.165, 1.54) is 10.7 Å². The Bertz CT molecular complexity index is 1600. The van der Waals surface area contributed by atoms with Gasteiger partial charge in [-0.3, -0.25) is 4.79 Å². The summed E-state index contributed by atoms with van der Waals surface area (Å²) in [5.41, 5.74) is 3.82. The Labute approximate surface area is 199 Å². The second-order valence-corrected chi connectivity index (χ2v) is 8.37. The Hall–Kier alpha value is -4.31. The Kier molecular flexibility index (Phi) is 5.14. The number of aromatic amines is 1. The van der Waals surface area contributed by atoms with Crippen molar-refractivity contribution >= 4 is 27.6 Å². The summed E-state index contributed by atoms with van der Waals surface area (Å²) < 4.78 is 21.8. The van der Waals surface area contributed by atoms with Gasteiger partial charge in [-0.15, -0.1) is 5.10 Å². The highest BCUT2D eigenvalue weighted by Gasteiger charge is 2.19. The van der Waals surface area contributed by atoms with Crippen LogP contribution in [0.4, 0.5) is 10.1 Å². The molecule has 0 saturated carbocycles. The van der Waals surface area contributed by atoms with Crippen LogP contribution in [0.3, 0.4) is 0 Å². The number of hydrogen-bond donors (Lipinski definition) is 2. The maximum absolute atomic E-state index is 15.2. The average Bonchev–Trinajstić information content (AvgIpc) is 3.35. The van der Waals surface area contributed by atoms with E-state index >= 15 is 4.39 Å². The highest BCUT2D eigenvalue weighted by atomic mass is 19.1. The van der Waals surface area contributed by atoms with E-state index in [0.29, 0.717) is 28.3 Å². The molecule has 1 aliphatic heterocycles. The van der Waals surface area contributed by atoms with Gasteiger partial charge in [-0.25, -0.2) is 14.1 Å². The lowest BCUT2D eigenvalue weighted by molar-refractivity contribution is 0.398. The molecule has 0 bridgehead atoms. The summed E-state index contributed by atoms with van der Waals surface area (Å²) in [5.74, 6) is 0.182. The summed E-state index contributed by atoms with van der Waals surface area (Å²) in [5, 5.41) is 12.3. The van der Waals surface area contributed by atoms with Gasteiger partial charge in [0.2, 0.25) is 5.88 Å². The Balaban J connectivity index is 1.50. The van der Waals surface area contributed by atoms with Crippen LogP contribution < -0.4 is 20.5 Å². The summed E-state index contributed by atoms with van der Waals surface area (Å²) in [6, 6.07) is 14.4. The third-order valence-corrected chi connectivity index (χ3v) is 6.32. The predicted octanol–water partition coefficient (Wildman–Crippen LogP) is 2.88. The molecule has 6 rings (SSSR count). The molecule has 9 nitrogen and oxygen atoms in total. The molecule has 1 saturated heterocycles. The first-order valence-electron chi connectivity index (χ1n) is 11.3. The van der Waals surface area contributed by atoms with Gasteiger partial charge >= 0.3 is 0 Å². The third kappa shape index (κ3) is 3.68. The summed E-state index contributed by atoms with van der Waals surface area (Å²) in [6.07, 6.45) is 1.72. The van der Waals surface area contributed by atoms with Crippen LogP contribution in [-0.4, -0.2) is 58.3 Å². The molecule has 0 aliphatic carbocycles. The quantitative estimate of drug-likeness (QED) is 0.416. The zero-order valence-electron chi connectivity index (χ0n) is 19.0. The summed E-state index contributed by atoms with van der Waals surface area (Å²) in [6.45, 7) is 3.11. The predicted molar refractivity (Wildman–Crippen MR) is 132 cm³/mol. The van der Waals surface area contributed by atoms with E-state index in [0.717, 1.165) is 42.7 Å². The van der Waals surface area contributed by atoms with Gasteiger partial charge in [0.25, 0.3) is 5.56 Å². The van der Waals surface area contributed by atoms with Crippen molar-refractivity contribution in [3.05, 3.63) is 70.9 Å². The van der Waals surface area contributed by atoms with Crippen molar-refractivity contribution < 1.29 is 9.13 Å². The molecule has 2 aromatic carbocycles. The number of halogens is 1. The topological polar surface area (TPSA) is 101 Å². The largest absolute Gasteiger partial charge is 0.481 e. The molecule has 35 heavy (non-hydrogen) atoms. The number of methoxy groups -OCH3 is 1. The molecule has 0 unspecified atom stereocenters. The molecule has 0 amide bonds. The third-order valence-electron chi connectivity index (χ3n) is 6.32. The molecule has 1 fully saturated rings. The van der Waals surface area contributed by atoms with Gasteiger partial charge in [-0.05, 0) is 35.9 Å². The number of nitrogens with one attached hydrogen (secondary N) is 2. The normalized spacial score (nSPS) is 14.1. The van der Waals surface area contributed by atoms with E-state index in [1.54, 1.807) is 31.5 Å².